The average molecular weight is 515 g/mol. The second-order valence-electron chi connectivity index (χ2n) is 8.59. The van der Waals surface area contributed by atoms with Crippen molar-refractivity contribution in [3.05, 3.63) is 120 Å². The van der Waals surface area contributed by atoms with Crippen molar-refractivity contribution in [3.8, 4) is 5.75 Å². The maximum Gasteiger partial charge on any atom is 0.330 e. The molecule has 7 heteroatoms. The van der Waals surface area contributed by atoms with Gasteiger partial charge >= 0.3 is 11.9 Å². The van der Waals surface area contributed by atoms with Crippen molar-refractivity contribution in [2.24, 2.45) is 0 Å². The van der Waals surface area contributed by atoms with E-state index in [0.29, 0.717) is 6.61 Å². The van der Waals surface area contributed by atoms with Crippen LogP contribution in [-0.2, 0) is 41.8 Å². The Labute approximate surface area is 222 Å². The number of ether oxygens (including phenoxy) is 5. The third-order valence-electron chi connectivity index (χ3n) is 5.87. The fourth-order valence-corrected chi connectivity index (χ4v) is 3.83. The van der Waals surface area contributed by atoms with Gasteiger partial charge in [-0.15, -0.1) is 0 Å². The van der Waals surface area contributed by atoms with E-state index < -0.39 is 30.3 Å². The first kappa shape index (κ1) is 26.9. The number of hydrogen-bond acceptors (Lipinski definition) is 7. The third-order valence-corrected chi connectivity index (χ3v) is 5.87. The van der Waals surface area contributed by atoms with E-state index in [1.165, 1.54) is 12.2 Å². The molecular weight excluding hydrogens is 484 g/mol. The monoisotopic (exact) mass is 514 g/mol. The Morgan fingerprint density at radius 2 is 1.58 bits per heavy atom. The lowest BCUT2D eigenvalue weighted by molar-refractivity contribution is -0.177. The fraction of sp³-hybridized carbons (Fsp3) is 0.226. The minimum absolute atomic E-state index is 0.129. The predicted molar refractivity (Wildman–Crippen MR) is 142 cm³/mol. The van der Waals surface area contributed by atoms with Crippen molar-refractivity contribution in [1.29, 1.82) is 0 Å². The van der Waals surface area contributed by atoms with Gasteiger partial charge in [-0.05, 0) is 41.0 Å². The molecule has 1 aliphatic heterocycles. The second kappa shape index (κ2) is 13.9. The molecule has 1 heterocycles. The van der Waals surface area contributed by atoms with Crippen LogP contribution < -0.4 is 4.74 Å². The van der Waals surface area contributed by atoms with Gasteiger partial charge in [0.25, 0.3) is 0 Å². The second-order valence-corrected chi connectivity index (χ2v) is 8.59. The minimum Gasteiger partial charge on any atom is -0.497 e. The molecule has 0 N–H and O–H groups in total. The molecule has 0 saturated carbocycles. The predicted octanol–water partition coefficient (Wildman–Crippen LogP) is 4.90. The highest BCUT2D eigenvalue weighted by molar-refractivity contribution is 5.87. The molecule has 0 spiro atoms. The van der Waals surface area contributed by atoms with E-state index in [4.69, 9.17) is 23.7 Å². The minimum atomic E-state index is -0.807. The van der Waals surface area contributed by atoms with Gasteiger partial charge in [0.1, 0.15) is 24.6 Å². The van der Waals surface area contributed by atoms with Gasteiger partial charge in [-0.2, -0.15) is 0 Å². The highest BCUT2D eigenvalue weighted by atomic mass is 16.6. The quantitative estimate of drug-likeness (QED) is 0.251. The zero-order chi connectivity index (χ0) is 26.6. The molecule has 7 nitrogen and oxygen atoms in total. The van der Waals surface area contributed by atoms with Crippen LogP contribution in [0.25, 0.3) is 6.08 Å². The topological polar surface area (TPSA) is 80.3 Å². The molecule has 0 unspecified atom stereocenters. The lowest BCUT2D eigenvalue weighted by atomic mass is 10.0. The van der Waals surface area contributed by atoms with Crippen molar-refractivity contribution < 1.29 is 33.3 Å². The first-order valence-electron chi connectivity index (χ1n) is 12.3. The van der Waals surface area contributed by atoms with Crippen LogP contribution in [0.4, 0.5) is 0 Å². The summed E-state index contributed by atoms with van der Waals surface area (Å²) in [6.07, 6.45) is 3.83. The summed E-state index contributed by atoms with van der Waals surface area (Å²) in [6, 6.07) is 26.6. The molecule has 0 saturated heterocycles. The third kappa shape index (κ3) is 8.16. The van der Waals surface area contributed by atoms with Crippen LogP contribution in [0.1, 0.15) is 16.7 Å². The summed E-state index contributed by atoms with van der Waals surface area (Å²) in [7, 11) is 1.59. The highest BCUT2D eigenvalue weighted by Gasteiger charge is 2.36. The fourth-order valence-electron chi connectivity index (χ4n) is 3.83. The Morgan fingerprint density at radius 1 is 0.921 bits per heavy atom. The van der Waals surface area contributed by atoms with Gasteiger partial charge < -0.3 is 23.7 Å². The summed E-state index contributed by atoms with van der Waals surface area (Å²) in [4.78, 5) is 24.7. The van der Waals surface area contributed by atoms with Crippen LogP contribution in [0.15, 0.2) is 103 Å². The molecule has 3 atom stereocenters. The zero-order valence-corrected chi connectivity index (χ0v) is 21.1. The molecular formula is C31H30O7. The van der Waals surface area contributed by atoms with E-state index in [0.717, 1.165) is 22.4 Å². The number of benzene rings is 3. The van der Waals surface area contributed by atoms with Crippen molar-refractivity contribution in [1.82, 2.24) is 0 Å². The Balaban J connectivity index is 1.43. The van der Waals surface area contributed by atoms with Gasteiger partial charge in [0.2, 0.25) is 0 Å². The number of hydrogen-bond donors (Lipinski definition) is 0. The molecule has 0 aliphatic carbocycles. The van der Waals surface area contributed by atoms with Crippen molar-refractivity contribution in [3.63, 3.8) is 0 Å². The van der Waals surface area contributed by atoms with Gasteiger partial charge in [-0.1, -0.05) is 72.8 Å². The molecule has 0 radical (unpaired) electrons. The van der Waals surface area contributed by atoms with Crippen LogP contribution >= 0.6 is 0 Å². The van der Waals surface area contributed by atoms with E-state index >= 15 is 0 Å². The maximum absolute atomic E-state index is 12.5. The molecule has 1 aliphatic rings. The molecule has 38 heavy (non-hydrogen) atoms. The number of rotatable bonds is 12. The molecule has 3 aromatic carbocycles. The van der Waals surface area contributed by atoms with Gasteiger partial charge in [0.15, 0.2) is 6.10 Å². The first-order chi connectivity index (χ1) is 18.6. The Bertz CT molecular complexity index is 1220. The Morgan fingerprint density at radius 3 is 2.24 bits per heavy atom. The average Bonchev–Trinajstić information content (AvgIpc) is 2.97. The van der Waals surface area contributed by atoms with Crippen LogP contribution in [0.5, 0.6) is 5.75 Å². The molecule has 196 valence electrons. The smallest absolute Gasteiger partial charge is 0.330 e. The summed E-state index contributed by atoms with van der Waals surface area (Å²) in [5.74, 6) is -0.328. The van der Waals surface area contributed by atoms with E-state index in [9.17, 15) is 9.59 Å². The summed E-state index contributed by atoms with van der Waals surface area (Å²) in [6.45, 7) is 0.434. The first-order valence-corrected chi connectivity index (χ1v) is 12.3. The SMILES string of the molecule is COc1ccc(/C=C/C(=O)OC[C@@H](OCc2ccccc2)[C@H]2OC(=O)C=C[C@H]2OCc2ccccc2)cc1. The summed E-state index contributed by atoms with van der Waals surface area (Å²) >= 11 is 0. The zero-order valence-electron chi connectivity index (χ0n) is 21.1. The number of carbonyl (C=O) groups excluding carboxylic acids is 2. The van der Waals surface area contributed by atoms with E-state index in [1.807, 2.05) is 72.8 Å². The normalized spacial score (nSPS) is 17.7. The van der Waals surface area contributed by atoms with E-state index in [-0.39, 0.29) is 13.2 Å². The number of carbonyl (C=O) groups is 2. The van der Waals surface area contributed by atoms with Crippen LogP contribution in [0.2, 0.25) is 0 Å². The number of methoxy groups -OCH3 is 1. The number of esters is 2. The van der Waals surface area contributed by atoms with Gasteiger partial charge in [-0.25, -0.2) is 9.59 Å². The summed E-state index contributed by atoms with van der Waals surface area (Å²) in [5.41, 5.74) is 2.73. The van der Waals surface area contributed by atoms with Crippen molar-refractivity contribution in [2.45, 2.75) is 31.5 Å². The van der Waals surface area contributed by atoms with Gasteiger partial charge in [0.05, 0.1) is 20.3 Å². The maximum atomic E-state index is 12.5. The lowest BCUT2D eigenvalue weighted by Crippen LogP contribution is -2.47. The van der Waals surface area contributed by atoms with Crippen LogP contribution in [0, 0.1) is 0 Å². The Kier molecular flexibility index (Phi) is 9.84. The van der Waals surface area contributed by atoms with Crippen LogP contribution in [0.3, 0.4) is 0 Å². The molecule has 4 rings (SSSR count). The molecule has 0 bridgehead atoms. The van der Waals surface area contributed by atoms with Crippen molar-refractivity contribution >= 4 is 18.0 Å². The summed E-state index contributed by atoms with van der Waals surface area (Å²) in [5, 5.41) is 0. The van der Waals surface area contributed by atoms with Crippen LogP contribution in [-0.4, -0.2) is 44.0 Å². The van der Waals surface area contributed by atoms with E-state index in [1.54, 1.807) is 31.4 Å². The standard InChI is InChI=1S/C31H30O7/c1-34-26-15-12-23(13-16-26)14-18-29(32)37-22-28(36-21-25-10-6-3-7-11-25)31-27(17-19-30(33)38-31)35-20-24-8-4-2-5-9-24/h2-19,27-28,31H,20-22H2,1H3/b18-14+/t27-,28-,31+/m1/s1. The van der Waals surface area contributed by atoms with Gasteiger partial charge in [-0.3, -0.25) is 0 Å². The highest BCUT2D eigenvalue weighted by Crippen LogP contribution is 2.21. The van der Waals surface area contributed by atoms with Crippen molar-refractivity contribution in [2.75, 3.05) is 13.7 Å². The molecule has 3 aromatic rings. The number of cyclic esters (lactones) is 1. The largest absolute Gasteiger partial charge is 0.497 e. The van der Waals surface area contributed by atoms with Gasteiger partial charge in [0, 0.05) is 12.2 Å². The molecule has 0 amide bonds. The molecule has 0 aromatic heterocycles. The van der Waals surface area contributed by atoms with E-state index in [2.05, 4.69) is 0 Å². The lowest BCUT2D eigenvalue weighted by Gasteiger charge is -2.33. The Hall–Kier alpha value is -4.20. The molecule has 0 fully saturated rings. The summed E-state index contributed by atoms with van der Waals surface area (Å²) < 4.78 is 28.5.